The van der Waals surface area contributed by atoms with Crippen molar-refractivity contribution in [1.29, 1.82) is 0 Å². The van der Waals surface area contributed by atoms with E-state index in [1.807, 2.05) is 0 Å². The van der Waals surface area contributed by atoms with Crippen LogP contribution in [-0.2, 0) is 25.0 Å². The fourth-order valence-electron chi connectivity index (χ4n) is 10.1. The molecule has 7 rings (SSSR count). The van der Waals surface area contributed by atoms with Gasteiger partial charge in [-0.25, -0.2) is 0 Å². The molecule has 4 aromatic carbocycles. The molecule has 0 saturated carbocycles. The minimum absolute atomic E-state index is 0.0882. The lowest BCUT2D eigenvalue weighted by molar-refractivity contribution is -0.438. The van der Waals surface area contributed by atoms with Gasteiger partial charge in [0.05, 0.1) is 38.4 Å². The van der Waals surface area contributed by atoms with Crippen LogP contribution in [0.5, 0.6) is 0 Å². The summed E-state index contributed by atoms with van der Waals surface area (Å²) in [6.07, 6.45) is 20.9. The Morgan fingerprint density at radius 1 is 0.734 bits per heavy atom. The van der Waals surface area contributed by atoms with Crippen LogP contribution in [0.3, 0.4) is 0 Å². The Morgan fingerprint density at radius 3 is 2.11 bits per heavy atom. The summed E-state index contributed by atoms with van der Waals surface area (Å²) < 4.78 is 19.7. The molecule has 0 saturated heterocycles. The van der Waals surface area contributed by atoms with E-state index in [1.165, 1.54) is 73.0 Å². The predicted molar refractivity (Wildman–Crippen MR) is 272 cm³/mol. The molecule has 0 unspecified atom stereocenters. The first-order valence-electron chi connectivity index (χ1n) is 24.1. The molecule has 0 atom stereocenters. The summed E-state index contributed by atoms with van der Waals surface area (Å²) in [6, 6.07) is 26.9. The van der Waals surface area contributed by atoms with Crippen molar-refractivity contribution >= 4 is 38.6 Å². The maximum absolute atomic E-state index is 5.77. The highest BCUT2D eigenvalue weighted by molar-refractivity contribution is 6.07. The Balaban J connectivity index is 0.950. The van der Waals surface area contributed by atoms with Gasteiger partial charge in [0.15, 0.2) is 5.71 Å². The molecule has 2 heterocycles. The molecule has 2 aliphatic heterocycles. The Labute approximate surface area is 385 Å². The first kappa shape index (κ1) is 47.2. The van der Waals surface area contributed by atoms with Gasteiger partial charge in [-0.2, -0.15) is 4.58 Å². The lowest BCUT2D eigenvalue weighted by atomic mass is 9.79. The molecule has 3 aliphatic rings. The van der Waals surface area contributed by atoms with Gasteiger partial charge in [0.1, 0.15) is 6.54 Å². The molecule has 0 radical (unpaired) electrons. The zero-order chi connectivity index (χ0) is 45.3. The summed E-state index contributed by atoms with van der Waals surface area (Å²) in [5, 5.41) is 8.80. The van der Waals surface area contributed by atoms with E-state index < -0.39 is 0 Å². The van der Waals surface area contributed by atoms with Crippen molar-refractivity contribution in [2.24, 2.45) is 5.41 Å². The highest BCUT2D eigenvalue weighted by Gasteiger charge is 2.45. The third-order valence-corrected chi connectivity index (χ3v) is 13.6. The van der Waals surface area contributed by atoms with E-state index in [0.29, 0.717) is 38.4 Å². The summed E-state index contributed by atoms with van der Waals surface area (Å²) in [5.41, 5.74) is 12.3. The fraction of sp³-hybridized carbons (Fsp3) is 0.466. The van der Waals surface area contributed by atoms with Gasteiger partial charge in [0.25, 0.3) is 0 Å². The van der Waals surface area contributed by atoms with E-state index >= 15 is 0 Å². The zero-order valence-electron chi connectivity index (χ0n) is 40.5. The van der Waals surface area contributed by atoms with Crippen molar-refractivity contribution in [2.75, 3.05) is 64.7 Å². The van der Waals surface area contributed by atoms with Gasteiger partial charge < -0.3 is 24.4 Å². The Bertz CT molecular complexity index is 2440. The van der Waals surface area contributed by atoms with E-state index in [0.717, 1.165) is 70.3 Å². The van der Waals surface area contributed by atoms with Crippen molar-refractivity contribution in [1.82, 2.24) is 5.32 Å². The Hall–Kier alpha value is -4.75. The molecule has 6 nitrogen and oxygen atoms in total. The van der Waals surface area contributed by atoms with Crippen LogP contribution < -0.4 is 10.2 Å². The number of nitrogens with one attached hydrogen (secondary N) is 1. The number of rotatable bonds is 21. The number of hydrogen-bond donors (Lipinski definition) is 1. The van der Waals surface area contributed by atoms with Crippen molar-refractivity contribution in [3.8, 4) is 0 Å². The van der Waals surface area contributed by atoms with Crippen LogP contribution in [0.1, 0.15) is 111 Å². The van der Waals surface area contributed by atoms with Crippen LogP contribution in [0.4, 0.5) is 11.4 Å². The molecule has 0 bridgehead atoms. The van der Waals surface area contributed by atoms with Crippen LogP contribution in [0.2, 0.25) is 0 Å². The van der Waals surface area contributed by atoms with Gasteiger partial charge in [0, 0.05) is 66.8 Å². The van der Waals surface area contributed by atoms with Crippen LogP contribution in [0.15, 0.2) is 132 Å². The number of allylic oxidation sites excluding steroid dienone is 9. The molecule has 1 N–H and O–H groups in total. The van der Waals surface area contributed by atoms with E-state index in [1.54, 1.807) is 0 Å². The molecule has 340 valence electrons. The molecule has 1 aliphatic carbocycles. The monoisotopic (exact) mass is 863 g/mol. The minimum Gasteiger partial charge on any atom is -0.387 e. The standard InChI is InChI=1S/C58H76N3O3/c1-43(59-34-37-63-39-41-64-40-38-62-36-33-56(2,3)4)18-11-10-16-35-61-51-30-28-47-22-13-15-24-49(47)55(51)58(7,8)53(61)32-26-45-20-17-19-44(42-45)25-31-52-57(5,6)54-48-23-14-12-21-46(48)27-29-50(54)60(52)9/h12-15,21-32,42,59H,1,10-11,16-20,33-41H2,2-9H3/q+1. The van der Waals surface area contributed by atoms with Gasteiger partial charge in [-0.05, 0) is 121 Å². The van der Waals surface area contributed by atoms with Crippen molar-refractivity contribution in [2.45, 2.75) is 111 Å². The maximum Gasteiger partial charge on any atom is 0.210 e. The van der Waals surface area contributed by atoms with Gasteiger partial charge in [-0.15, -0.1) is 0 Å². The third kappa shape index (κ3) is 11.2. The van der Waals surface area contributed by atoms with E-state index in [9.17, 15) is 0 Å². The highest BCUT2D eigenvalue weighted by Crippen LogP contribution is 2.50. The van der Waals surface area contributed by atoms with Crippen molar-refractivity contribution in [3.05, 3.63) is 143 Å². The fourth-order valence-corrected chi connectivity index (χ4v) is 10.1. The number of fused-ring (bicyclic) bond motifs is 6. The van der Waals surface area contributed by atoms with Gasteiger partial charge in [-0.3, -0.25) is 0 Å². The second-order valence-electron chi connectivity index (χ2n) is 20.4. The smallest absolute Gasteiger partial charge is 0.210 e. The SMILES string of the molecule is C=C(CCCCC[N+]1=C(/C=C/C2=CC(=C/C=C3/N(C)c4ccc5ccccc5c4C3(C)C)/CCC2)C(C)(C)c2c1ccc1ccccc21)NCCOCCOCCOCCC(C)(C)C. The normalized spacial score (nSPS) is 18.2. The second-order valence-corrected chi connectivity index (χ2v) is 20.4. The lowest BCUT2D eigenvalue weighted by Crippen LogP contribution is -2.28. The van der Waals surface area contributed by atoms with Gasteiger partial charge in [-0.1, -0.05) is 114 Å². The largest absolute Gasteiger partial charge is 0.387 e. The Kier molecular flexibility index (Phi) is 15.5. The zero-order valence-corrected chi connectivity index (χ0v) is 40.5. The average molecular weight is 863 g/mol. The summed E-state index contributed by atoms with van der Waals surface area (Å²) >= 11 is 0. The predicted octanol–water partition coefficient (Wildman–Crippen LogP) is 13.4. The molecule has 0 spiro atoms. The maximum atomic E-state index is 5.77. The highest BCUT2D eigenvalue weighted by atomic mass is 16.5. The minimum atomic E-state index is -0.129. The van der Waals surface area contributed by atoms with Gasteiger partial charge >= 0.3 is 0 Å². The quantitative estimate of drug-likeness (QED) is 0.0668. The number of nitrogens with zero attached hydrogens (tertiary/aromatic N) is 2. The summed E-state index contributed by atoms with van der Waals surface area (Å²) in [7, 11) is 2.23. The molecular formula is C58H76N3O3+. The van der Waals surface area contributed by atoms with Gasteiger partial charge in [0.2, 0.25) is 5.69 Å². The first-order valence-corrected chi connectivity index (χ1v) is 24.1. The van der Waals surface area contributed by atoms with E-state index in [-0.39, 0.29) is 10.8 Å². The summed E-state index contributed by atoms with van der Waals surface area (Å²) in [5.74, 6) is 0. The summed E-state index contributed by atoms with van der Waals surface area (Å²) in [4.78, 5) is 2.40. The molecule has 0 aromatic heterocycles. The molecular weight excluding hydrogens is 787 g/mol. The van der Waals surface area contributed by atoms with Crippen molar-refractivity contribution in [3.63, 3.8) is 0 Å². The van der Waals surface area contributed by atoms with E-state index in [4.69, 9.17) is 14.2 Å². The number of likely N-dealkylation sites (N-methyl/N-ethyl adjacent to an activating group) is 1. The van der Waals surface area contributed by atoms with Crippen LogP contribution in [0, 0.1) is 5.41 Å². The van der Waals surface area contributed by atoms with Crippen LogP contribution >= 0.6 is 0 Å². The van der Waals surface area contributed by atoms with Crippen LogP contribution in [0.25, 0.3) is 21.5 Å². The Morgan fingerprint density at radius 2 is 1.39 bits per heavy atom. The molecule has 0 amide bonds. The molecule has 64 heavy (non-hydrogen) atoms. The summed E-state index contributed by atoms with van der Waals surface area (Å²) in [6.45, 7) is 26.2. The third-order valence-electron chi connectivity index (χ3n) is 13.6. The molecule has 6 heteroatoms. The van der Waals surface area contributed by atoms with Crippen LogP contribution in [-0.4, -0.2) is 70.1 Å². The number of unbranched alkanes of at least 4 members (excludes halogenated alkanes) is 2. The van der Waals surface area contributed by atoms with Crippen molar-refractivity contribution < 1.29 is 18.8 Å². The molecule has 0 fully saturated rings. The molecule has 4 aromatic rings. The first-order chi connectivity index (χ1) is 30.8. The lowest BCUT2D eigenvalue weighted by Gasteiger charge is -2.24. The number of anilines is 1. The second kappa shape index (κ2) is 21.0. The number of benzene rings is 4. The average Bonchev–Trinajstić information content (AvgIpc) is 3.61. The number of hydrogen-bond acceptors (Lipinski definition) is 5. The number of ether oxygens (including phenoxy) is 3. The topological polar surface area (TPSA) is 46.0 Å². The van der Waals surface area contributed by atoms with E-state index in [2.05, 4.69) is 180 Å².